The Kier molecular flexibility index (Phi) is 4.62. The van der Waals surface area contributed by atoms with Crippen molar-refractivity contribution in [2.75, 3.05) is 13.1 Å². The van der Waals surface area contributed by atoms with Crippen molar-refractivity contribution in [3.63, 3.8) is 0 Å². The van der Waals surface area contributed by atoms with E-state index < -0.39 is 5.60 Å². The second-order valence-corrected chi connectivity index (χ2v) is 8.58. The third-order valence-corrected chi connectivity index (χ3v) is 4.87. The highest BCUT2D eigenvalue weighted by Gasteiger charge is 2.48. The Morgan fingerprint density at radius 3 is 2.64 bits per heavy atom. The van der Waals surface area contributed by atoms with Crippen LogP contribution in [-0.2, 0) is 23.6 Å². The minimum atomic E-state index is -0.491. The van der Waals surface area contributed by atoms with Gasteiger partial charge in [-0.15, -0.1) is 10.2 Å². The lowest BCUT2D eigenvalue weighted by Gasteiger charge is -2.50. The number of carbonyl (C=O) groups excluding carboxylic acids is 1. The van der Waals surface area contributed by atoms with Gasteiger partial charge in [-0.2, -0.15) is 0 Å². The Hall–Kier alpha value is -1.89. The largest absolute Gasteiger partial charge is 0.444 e. The van der Waals surface area contributed by atoms with Crippen molar-refractivity contribution in [1.29, 1.82) is 0 Å². The number of hydrogen-bond acceptors (Lipinski definition) is 4. The topological polar surface area (TPSA) is 60.2 Å². The molecule has 1 amide bonds. The maximum Gasteiger partial charge on any atom is 0.410 e. The Balaban J connectivity index is 1.83. The van der Waals surface area contributed by atoms with Crippen molar-refractivity contribution in [1.82, 2.24) is 19.7 Å². The lowest BCUT2D eigenvalue weighted by molar-refractivity contribution is -0.0105. The highest BCUT2D eigenvalue weighted by atomic mass is 79.9. The molecule has 0 radical (unpaired) electrons. The predicted octanol–water partition coefficient (Wildman–Crippen LogP) is 3.31. The number of likely N-dealkylation sites (tertiary alicyclic amines) is 1. The third kappa shape index (κ3) is 3.86. The van der Waals surface area contributed by atoms with Gasteiger partial charge in [0.15, 0.2) is 0 Å². The summed E-state index contributed by atoms with van der Waals surface area (Å²) >= 11 is 3.55. The number of aromatic nitrogens is 3. The Labute approximate surface area is 156 Å². The van der Waals surface area contributed by atoms with Crippen LogP contribution in [0.4, 0.5) is 4.79 Å². The second-order valence-electron chi connectivity index (χ2n) is 7.66. The Morgan fingerprint density at radius 2 is 2.08 bits per heavy atom. The molecule has 134 valence electrons. The Bertz CT molecular complexity index is 775. The molecule has 1 aromatic heterocycles. The molecule has 3 rings (SSSR count). The average Bonchev–Trinajstić information content (AvgIpc) is 2.85. The van der Waals surface area contributed by atoms with Crippen molar-refractivity contribution >= 4 is 22.0 Å². The average molecular weight is 407 g/mol. The van der Waals surface area contributed by atoms with Gasteiger partial charge in [0.2, 0.25) is 0 Å². The SMILES string of the molecule is Cn1cnnc1CC1(c2cccc(Br)c2)CN(C(=O)OC(C)(C)C)C1. The second kappa shape index (κ2) is 6.44. The van der Waals surface area contributed by atoms with Crippen LogP contribution in [0.15, 0.2) is 35.1 Å². The maximum absolute atomic E-state index is 12.4. The van der Waals surface area contributed by atoms with Crippen LogP contribution in [0.25, 0.3) is 0 Å². The fourth-order valence-electron chi connectivity index (χ4n) is 3.12. The standard InChI is InChI=1S/C18H23BrN4O2/c1-17(2,3)25-16(24)23-10-18(11-23,9-15-21-20-12-22(15)4)13-6-5-7-14(19)8-13/h5-8,12H,9-11H2,1-4H3. The summed E-state index contributed by atoms with van der Waals surface area (Å²) in [6.07, 6.45) is 2.16. The number of carbonyl (C=O) groups is 1. The molecule has 0 spiro atoms. The van der Waals surface area contributed by atoms with Gasteiger partial charge in [0, 0.05) is 36.4 Å². The van der Waals surface area contributed by atoms with E-state index in [1.807, 2.05) is 44.5 Å². The van der Waals surface area contributed by atoms with Crippen molar-refractivity contribution in [2.45, 2.75) is 38.2 Å². The van der Waals surface area contributed by atoms with E-state index in [1.165, 1.54) is 5.56 Å². The summed E-state index contributed by atoms with van der Waals surface area (Å²) in [4.78, 5) is 14.1. The lowest BCUT2D eigenvalue weighted by atomic mass is 9.71. The summed E-state index contributed by atoms with van der Waals surface area (Å²) in [6.45, 7) is 6.85. The van der Waals surface area contributed by atoms with E-state index in [9.17, 15) is 4.79 Å². The maximum atomic E-state index is 12.4. The molecule has 1 saturated heterocycles. The zero-order chi connectivity index (χ0) is 18.2. The van der Waals surface area contributed by atoms with E-state index in [1.54, 1.807) is 11.2 Å². The van der Waals surface area contributed by atoms with E-state index in [0.717, 1.165) is 16.7 Å². The molecule has 7 heteroatoms. The van der Waals surface area contributed by atoms with E-state index in [4.69, 9.17) is 4.74 Å². The van der Waals surface area contributed by atoms with Gasteiger partial charge in [-0.3, -0.25) is 0 Å². The molecular weight excluding hydrogens is 384 g/mol. The summed E-state index contributed by atoms with van der Waals surface area (Å²) in [6, 6.07) is 8.24. The highest BCUT2D eigenvalue weighted by molar-refractivity contribution is 9.10. The number of nitrogens with zero attached hydrogens (tertiary/aromatic N) is 4. The van der Waals surface area contributed by atoms with E-state index >= 15 is 0 Å². The van der Waals surface area contributed by atoms with Crippen LogP contribution in [0.2, 0.25) is 0 Å². The van der Waals surface area contributed by atoms with Gasteiger partial charge < -0.3 is 14.2 Å². The fraction of sp³-hybridized carbons (Fsp3) is 0.500. The fourth-order valence-corrected chi connectivity index (χ4v) is 3.52. The van der Waals surface area contributed by atoms with Crippen molar-refractivity contribution in [3.8, 4) is 0 Å². The zero-order valence-corrected chi connectivity index (χ0v) is 16.6. The summed E-state index contributed by atoms with van der Waals surface area (Å²) in [7, 11) is 1.94. The molecule has 0 saturated carbocycles. The molecule has 6 nitrogen and oxygen atoms in total. The van der Waals surface area contributed by atoms with Crippen LogP contribution in [0.5, 0.6) is 0 Å². The van der Waals surface area contributed by atoms with Crippen LogP contribution >= 0.6 is 15.9 Å². The molecule has 0 N–H and O–H groups in total. The number of amides is 1. The number of rotatable bonds is 3. The summed E-state index contributed by atoms with van der Waals surface area (Å²) in [5.74, 6) is 0.906. The quantitative estimate of drug-likeness (QED) is 0.784. The number of ether oxygens (including phenoxy) is 1. The van der Waals surface area contributed by atoms with Gasteiger partial charge in [0.25, 0.3) is 0 Å². The van der Waals surface area contributed by atoms with E-state index in [0.29, 0.717) is 13.1 Å². The molecule has 1 aliphatic rings. The Morgan fingerprint density at radius 1 is 1.36 bits per heavy atom. The molecule has 0 unspecified atom stereocenters. The number of benzene rings is 1. The van der Waals surface area contributed by atoms with Gasteiger partial charge in [-0.05, 0) is 38.5 Å². The van der Waals surface area contributed by atoms with Gasteiger partial charge in [0.1, 0.15) is 17.8 Å². The third-order valence-electron chi connectivity index (χ3n) is 4.38. The monoisotopic (exact) mass is 406 g/mol. The number of hydrogen-bond donors (Lipinski definition) is 0. The summed E-state index contributed by atoms with van der Waals surface area (Å²) in [5, 5.41) is 8.20. The first-order valence-electron chi connectivity index (χ1n) is 8.25. The molecule has 1 fully saturated rings. The predicted molar refractivity (Wildman–Crippen MR) is 98.3 cm³/mol. The van der Waals surface area contributed by atoms with Crippen molar-refractivity contribution < 1.29 is 9.53 Å². The minimum absolute atomic E-state index is 0.179. The van der Waals surface area contributed by atoms with Gasteiger partial charge in [0.05, 0.1) is 0 Å². The first-order valence-corrected chi connectivity index (χ1v) is 9.05. The van der Waals surface area contributed by atoms with Crippen LogP contribution < -0.4 is 0 Å². The minimum Gasteiger partial charge on any atom is -0.444 e. The molecule has 0 bridgehead atoms. The summed E-state index contributed by atoms with van der Waals surface area (Å²) < 4.78 is 8.45. The zero-order valence-electron chi connectivity index (χ0n) is 15.0. The first kappa shape index (κ1) is 17.9. The molecule has 2 aromatic rings. The molecule has 0 aliphatic carbocycles. The van der Waals surface area contributed by atoms with Gasteiger partial charge >= 0.3 is 6.09 Å². The van der Waals surface area contributed by atoms with E-state index in [-0.39, 0.29) is 11.5 Å². The lowest BCUT2D eigenvalue weighted by Crippen LogP contribution is -2.63. The normalized spacial score (nSPS) is 16.4. The molecule has 0 atom stereocenters. The molecule has 1 aromatic carbocycles. The van der Waals surface area contributed by atoms with Gasteiger partial charge in [-0.25, -0.2) is 4.79 Å². The smallest absolute Gasteiger partial charge is 0.410 e. The first-order chi connectivity index (χ1) is 11.7. The van der Waals surface area contributed by atoms with Crippen molar-refractivity contribution in [3.05, 3.63) is 46.5 Å². The van der Waals surface area contributed by atoms with Crippen molar-refractivity contribution in [2.24, 2.45) is 7.05 Å². The van der Waals surface area contributed by atoms with Crippen LogP contribution in [-0.4, -0.2) is 44.4 Å². The van der Waals surface area contributed by atoms with Crippen LogP contribution in [0.1, 0.15) is 32.2 Å². The molecule has 1 aliphatic heterocycles. The number of aryl methyl sites for hydroxylation is 1. The van der Waals surface area contributed by atoms with Crippen LogP contribution in [0.3, 0.4) is 0 Å². The number of halogens is 1. The van der Waals surface area contributed by atoms with E-state index in [2.05, 4.69) is 38.3 Å². The molecule has 25 heavy (non-hydrogen) atoms. The molecular formula is C18H23BrN4O2. The summed E-state index contributed by atoms with van der Waals surface area (Å²) in [5.41, 5.74) is 0.514. The highest BCUT2D eigenvalue weighted by Crippen LogP contribution is 2.39. The van der Waals surface area contributed by atoms with Crippen LogP contribution in [0, 0.1) is 0 Å². The van der Waals surface area contributed by atoms with Gasteiger partial charge in [-0.1, -0.05) is 28.1 Å². The molecule has 2 heterocycles.